The van der Waals surface area contributed by atoms with Crippen molar-refractivity contribution in [3.8, 4) is 0 Å². The fourth-order valence-corrected chi connectivity index (χ4v) is 1.02. The predicted molar refractivity (Wildman–Crippen MR) is 38.0 cm³/mol. The summed E-state index contributed by atoms with van der Waals surface area (Å²) in [5.41, 5.74) is -1.42. The Labute approximate surface area is 75.7 Å². The van der Waals surface area contributed by atoms with Crippen molar-refractivity contribution in [2.24, 2.45) is 0 Å². The summed E-state index contributed by atoms with van der Waals surface area (Å²) in [6.07, 6.45) is -3.85. The number of hydrogen-bond acceptors (Lipinski definition) is 1. The molecule has 0 N–H and O–H groups in total. The molecular weight excluding hydrogens is 212 g/mol. The zero-order valence-electron chi connectivity index (χ0n) is 6.03. The summed E-state index contributed by atoms with van der Waals surface area (Å²) in [5, 5.41) is -1.85. The van der Waals surface area contributed by atoms with E-state index < -0.39 is 28.7 Å². The molecule has 0 spiro atoms. The van der Waals surface area contributed by atoms with Gasteiger partial charge in [-0.15, -0.1) is 11.6 Å². The molecule has 6 heteroatoms. The molecule has 0 aromatic rings. The van der Waals surface area contributed by atoms with Gasteiger partial charge >= 0.3 is 6.18 Å². The topological polar surface area (TPSA) is 17.1 Å². The van der Waals surface area contributed by atoms with Gasteiger partial charge in [0, 0.05) is 0 Å². The summed E-state index contributed by atoms with van der Waals surface area (Å²) in [6.45, 7) is 0. The average molecular weight is 215 g/mol. The molecule has 1 aliphatic rings. The molecule has 0 saturated carbocycles. The monoisotopic (exact) mass is 214 g/mol. The van der Waals surface area contributed by atoms with E-state index in [1.807, 2.05) is 0 Å². The molecule has 0 amide bonds. The minimum atomic E-state index is -4.78. The van der Waals surface area contributed by atoms with Crippen LogP contribution in [0.1, 0.15) is 0 Å². The highest BCUT2D eigenvalue weighted by molar-refractivity contribution is 6.36. The van der Waals surface area contributed by atoms with E-state index in [1.54, 1.807) is 0 Å². The summed E-state index contributed by atoms with van der Waals surface area (Å²) in [7, 11) is 0. The first-order valence-corrected chi connectivity index (χ1v) is 3.60. The molecule has 72 valence electrons. The van der Waals surface area contributed by atoms with Crippen LogP contribution in [0.3, 0.4) is 0 Å². The van der Waals surface area contributed by atoms with E-state index in [2.05, 4.69) is 0 Å². The van der Waals surface area contributed by atoms with E-state index >= 15 is 0 Å². The van der Waals surface area contributed by atoms with Crippen LogP contribution in [0.15, 0.2) is 23.6 Å². The van der Waals surface area contributed by atoms with Gasteiger partial charge in [0.25, 0.3) is 0 Å². The van der Waals surface area contributed by atoms with Crippen molar-refractivity contribution >= 4 is 17.4 Å². The van der Waals surface area contributed by atoms with Crippen LogP contribution in [0.25, 0.3) is 0 Å². The smallest absolute Gasteiger partial charge is 0.292 e. The fourth-order valence-electron chi connectivity index (χ4n) is 0.826. The van der Waals surface area contributed by atoms with E-state index in [0.29, 0.717) is 12.2 Å². The second-order valence-corrected chi connectivity index (χ2v) is 2.79. The molecule has 0 aliphatic heterocycles. The van der Waals surface area contributed by atoms with Crippen molar-refractivity contribution in [2.45, 2.75) is 11.6 Å². The van der Waals surface area contributed by atoms with Crippen LogP contribution in [-0.4, -0.2) is 17.3 Å². The number of halogens is 5. The molecule has 0 radical (unpaired) electrons. The Morgan fingerprint density at radius 2 is 1.85 bits per heavy atom. The van der Waals surface area contributed by atoms with Gasteiger partial charge in [0.1, 0.15) is 16.8 Å². The highest BCUT2D eigenvalue weighted by Gasteiger charge is 2.42. The van der Waals surface area contributed by atoms with Crippen molar-refractivity contribution in [1.29, 1.82) is 0 Å². The lowest BCUT2D eigenvalue weighted by Gasteiger charge is -2.15. The third kappa shape index (κ3) is 1.91. The van der Waals surface area contributed by atoms with Gasteiger partial charge in [0.15, 0.2) is 5.78 Å². The standard InChI is InChI=1S/C7H3ClF4O/c8-5-4(9)2-1-3(6(5)13)7(10,11)12/h1-2,5H. The maximum Gasteiger partial charge on any atom is 0.419 e. The summed E-state index contributed by atoms with van der Waals surface area (Å²) in [4.78, 5) is 10.8. The largest absolute Gasteiger partial charge is 0.419 e. The molecule has 1 atom stereocenters. The van der Waals surface area contributed by atoms with Gasteiger partial charge in [0.2, 0.25) is 0 Å². The minimum Gasteiger partial charge on any atom is -0.292 e. The van der Waals surface area contributed by atoms with Crippen LogP contribution in [0.5, 0.6) is 0 Å². The maximum absolute atomic E-state index is 12.5. The number of allylic oxidation sites excluding steroid dienone is 4. The normalized spacial score (nSPS) is 24.1. The van der Waals surface area contributed by atoms with Crippen molar-refractivity contribution in [3.05, 3.63) is 23.6 Å². The van der Waals surface area contributed by atoms with Crippen molar-refractivity contribution < 1.29 is 22.4 Å². The third-order valence-corrected chi connectivity index (χ3v) is 1.86. The minimum absolute atomic E-state index is 0.385. The zero-order chi connectivity index (χ0) is 10.2. The van der Waals surface area contributed by atoms with E-state index in [9.17, 15) is 22.4 Å². The summed E-state index contributed by atoms with van der Waals surface area (Å²) >= 11 is 5.08. The van der Waals surface area contributed by atoms with Crippen LogP contribution in [-0.2, 0) is 4.79 Å². The van der Waals surface area contributed by atoms with Crippen LogP contribution in [0, 0.1) is 0 Å². The molecule has 1 unspecified atom stereocenters. The Balaban J connectivity index is 3.08. The van der Waals surface area contributed by atoms with Gasteiger partial charge in [-0.1, -0.05) is 0 Å². The molecule has 13 heavy (non-hydrogen) atoms. The second-order valence-electron chi connectivity index (χ2n) is 2.36. The Bertz CT molecular complexity index is 302. The van der Waals surface area contributed by atoms with Crippen molar-refractivity contribution in [1.82, 2.24) is 0 Å². The van der Waals surface area contributed by atoms with Gasteiger partial charge in [0.05, 0.1) is 0 Å². The lowest BCUT2D eigenvalue weighted by atomic mass is 10.0. The average Bonchev–Trinajstić information content (AvgIpc) is 1.98. The molecule has 1 rings (SSSR count). The number of hydrogen-bond donors (Lipinski definition) is 0. The highest BCUT2D eigenvalue weighted by Crippen LogP contribution is 2.32. The highest BCUT2D eigenvalue weighted by atomic mass is 35.5. The molecule has 0 heterocycles. The number of rotatable bonds is 0. The summed E-state index contributed by atoms with van der Waals surface area (Å²) in [5.74, 6) is -2.52. The number of alkyl halides is 4. The van der Waals surface area contributed by atoms with Gasteiger partial charge in [-0.3, -0.25) is 4.79 Å². The Hall–Kier alpha value is -0.840. The second kappa shape index (κ2) is 3.14. The molecule has 0 saturated heterocycles. The van der Waals surface area contributed by atoms with Gasteiger partial charge in [-0.25, -0.2) is 4.39 Å². The zero-order valence-corrected chi connectivity index (χ0v) is 6.79. The number of ketones is 1. The molecule has 1 nitrogen and oxygen atoms in total. The van der Waals surface area contributed by atoms with Crippen LogP contribution >= 0.6 is 11.6 Å². The molecule has 0 fully saturated rings. The first-order valence-electron chi connectivity index (χ1n) is 3.17. The molecule has 0 aromatic carbocycles. The first kappa shape index (κ1) is 10.2. The first-order chi connectivity index (χ1) is 5.84. The van der Waals surface area contributed by atoms with Gasteiger partial charge in [-0.2, -0.15) is 13.2 Å². The Morgan fingerprint density at radius 3 is 2.31 bits per heavy atom. The third-order valence-electron chi connectivity index (χ3n) is 1.45. The quantitative estimate of drug-likeness (QED) is 0.447. The molecule has 0 aromatic heterocycles. The predicted octanol–water partition coefficient (Wildman–Crippen LogP) is 2.52. The van der Waals surface area contributed by atoms with E-state index in [0.717, 1.165) is 0 Å². The molecule has 1 aliphatic carbocycles. The van der Waals surface area contributed by atoms with Gasteiger partial charge in [-0.05, 0) is 12.2 Å². The Kier molecular flexibility index (Phi) is 2.47. The number of carbonyl (C=O) groups excluding carboxylic acids is 1. The lowest BCUT2D eigenvalue weighted by Crippen LogP contribution is -2.29. The SMILES string of the molecule is O=C1C(C(F)(F)F)=CC=C(F)C1Cl. The lowest BCUT2D eigenvalue weighted by molar-refractivity contribution is -0.128. The molecule has 0 bridgehead atoms. The fraction of sp³-hybridized carbons (Fsp3) is 0.286. The van der Waals surface area contributed by atoms with Crippen molar-refractivity contribution in [2.75, 3.05) is 0 Å². The van der Waals surface area contributed by atoms with Crippen LogP contribution in [0.4, 0.5) is 17.6 Å². The number of carbonyl (C=O) groups is 1. The van der Waals surface area contributed by atoms with Crippen LogP contribution in [0.2, 0.25) is 0 Å². The summed E-state index contributed by atoms with van der Waals surface area (Å²) in [6, 6.07) is 0. The van der Waals surface area contributed by atoms with E-state index in [-0.39, 0.29) is 0 Å². The van der Waals surface area contributed by atoms with Gasteiger partial charge < -0.3 is 0 Å². The van der Waals surface area contributed by atoms with E-state index in [4.69, 9.17) is 11.6 Å². The number of Topliss-reactive ketones (excluding diaryl/α,β-unsaturated/α-hetero) is 1. The Morgan fingerprint density at radius 1 is 1.31 bits per heavy atom. The molecular formula is C7H3ClF4O. The van der Waals surface area contributed by atoms with Crippen molar-refractivity contribution in [3.63, 3.8) is 0 Å². The van der Waals surface area contributed by atoms with E-state index in [1.165, 1.54) is 0 Å². The summed E-state index contributed by atoms with van der Waals surface area (Å²) < 4.78 is 48.5. The maximum atomic E-state index is 12.5. The van der Waals surface area contributed by atoms with Crippen LogP contribution < -0.4 is 0 Å².